The molecule has 1 aliphatic carbocycles. The third-order valence-corrected chi connectivity index (χ3v) is 3.85. The minimum atomic E-state index is 0.144. The number of morpholine rings is 1. The number of carbonyl (C=O) groups is 1. The minimum Gasteiger partial charge on any atom is -0.376 e. The van der Waals surface area contributed by atoms with Crippen LogP contribution in [0, 0.1) is 0 Å². The standard InChI is InChI=1S/C15H26N2O2/c1-13-11-17(9-10-19-13)12-15(18)16-8-7-14-5-3-2-4-6-14/h5,13H,2-4,6-12H2,1H3,(H,16,18). The summed E-state index contributed by atoms with van der Waals surface area (Å²) in [7, 11) is 0. The Kier molecular flexibility index (Phi) is 5.86. The number of hydrogen-bond donors (Lipinski definition) is 1. The van der Waals surface area contributed by atoms with Gasteiger partial charge in [0, 0.05) is 19.6 Å². The first-order valence-corrected chi connectivity index (χ1v) is 7.52. The highest BCUT2D eigenvalue weighted by molar-refractivity contribution is 5.78. The lowest BCUT2D eigenvalue weighted by molar-refractivity contribution is -0.124. The van der Waals surface area contributed by atoms with E-state index in [-0.39, 0.29) is 12.0 Å². The maximum atomic E-state index is 11.8. The first kappa shape index (κ1) is 14.5. The van der Waals surface area contributed by atoms with Crippen molar-refractivity contribution in [3.63, 3.8) is 0 Å². The Hall–Kier alpha value is -0.870. The third kappa shape index (κ3) is 5.33. The fourth-order valence-corrected chi connectivity index (χ4v) is 2.79. The molecule has 0 aromatic rings. The molecular formula is C15H26N2O2. The van der Waals surface area contributed by atoms with Crippen LogP contribution in [0.25, 0.3) is 0 Å². The molecule has 1 heterocycles. The molecule has 1 atom stereocenters. The van der Waals surface area contributed by atoms with E-state index in [2.05, 4.69) is 23.2 Å². The Bertz CT molecular complexity index is 328. The summed E-state index contributed by atoms with van der Waals surface area (Å²) in [6.45, 7) is 5.81. The van der Waals surface area contributed by atoms with E-state index in [1.54, 1.807) is 0 Å². The molecule has 0 spiro atoms. The molecule has 1 unspecified atom stereocenters. The zero-order valence-corrected chi connectivity index (χ0v) is 12.0. The van der Waals surface area contributed by atoms with Crippen molar-refractivity contribution < 1.29 is 9.53 Å². The molecule has 2 rings (SSSR count). The predicted octanol–water partition coefficient (Wildman–Crippen LogP) is 1.71. The summed E-state index contributed by atoms with van der Waals surface area (Å²) in [5.41, 5.74) is 1.52. The van der Waals surface area contributed by atoms with Crippen molar-refractivity contribution in [2.45, 2.75) is 45.1 Å². The Morgan fingerprint density at radius 1 is 1.53 bits per heavy atom. The Morgan fingerprint density at radius 2 is 2.42 bits per heavy atom. The van der Waals surface area contributed by atoms with Crippen LogP contribution in [0.3, 0.4) is 0 Å². The lowest BCUT2D eigenvalue weighted by atomic mass is 9.97. The van der Waals surface area contributed by atoms with Gasteiger partial charge in [0.2, 0.25) is 5.91 Å². The van der Waals surface area contributed by atoms with E-state index in [1.165, 1.54) is 31.3 Å². The number of nitrogens with one attached hydrogen (secondary N) is 1. The molecule has 19 heavy (non-hydrogen) atoms. The maximum Gasteiger partial charge on any atom is 0.234 e. The highest BCUT2D eigenvalue weighted by Gasteiger charge is 2.18. The average Bonchev–Trinajstić information content (AvgIpc) is 2.40. The van der Waals surface area contributed by atoms with Crippen molar-refractivity contribution in [2.24, 2.45) is 0 Å². The van der Waals surface area contributed by atoms with Crippen molar-refractivity contribution in [2.75, 3.05) is 32.8 Å². The smallest absolute Gasteiger partial charge is 0.234 e. The van der Waals surface area contributed by atoms with Crippen LogP contribution in [0.15, 0.2) is 11.6 Å². The molecule has 0 saturated carbocycles. The lowest BCUT2D eigenvalue weighted by Gasteiger charge is -2.30. The van der Waals surface area contributed by atoms with Gasteiger partial charge in [-0.15, -0.1) is 0 Å². The molecule has 2 aliphatic rings. The van der Waals surface area contributed by atoms with Gasteiger partial charge < -0.3 is 10.1 Å². The molecule has 1 saturated heterocycles. The SMILES string of the molecule is CC1CN(CC(=O)NCCC2=CCCCC2)CCO1. The highest BCUT2D eigenvalue weighted by atomic mass is 16.5. The van der Waals surface area contributed by atoms with Crippen LogP contribution in [0.2, 0.25) is 0 Å². The minimum absolute atomic E-state index is 0.144. The molecule has 0 bridgehead atoms. The van der Waals surface area contributed by atoms with Gasteiger partial charge in [-0.1, -0.05) is 11.6 Å². The fourth-order valence-electron chi connectivity index (χ4n) is 2.79. The van der Waals surface area contributed by atoms with E-state index >= 15 is 0 Å². The van der Waals surface area contributed by atoms with E-state index in [4.69, 9.17) is 4.74 Å². The topological polar surface area (TPSA) is 41.6 Å². The molecule has 0 aromatic heterocycles. The molecule has 1 aliphatic heterocycles. The summed E-state index contributed by atoms with van der Waals surface area (Å²) in [5.74, 6) is 0.144. The second kappa shape index (κ2) is 7.65. The maximum absolute atomic E-state index is 11.8. The molecule has 108 valence electrons. The van der Waals surface area contributed by atoms with Crippen molar-refractivity contribution >= 4 is 5.91 Å². The summed E-state index contributed by atoms with van der Waals surface area (Å²) < 4.78 is 5.47. The second-order valence-corrected chi connectivity index (χ2v) is 5.62. The van der Waals surface area contributed by atoms with Crippen LogP contribution in [0.4, 0.5) is 0 Å². The molecule has 4 nitrogen and oxygen atoms in total. The molecule has 4 heteroatoms. The summed E-state index contributed by atoms with van der Waals surface area (Å²) in [4.78, 5) is 14.0. The molecule has 0 radical (unpaired) electrons. The average molecular weight is 266 g/mol. The quantitative estimate of drug-likeness (QED) is 0.770. The first-order chi connectivity index (χ1) is 9.24. The highest BCUT2D eigenvalue weighted by Crippen LogP contribution is 2.19. The van der Waals surface area contributed by atoms with Crippen LogP contribution in [0.5, 0.6) is 0 Å². The summed E-state index contributed by atoms with van der Waals surface area (Å²) >= 11 is 0. The van der Waals surface area contributed by atoms with E-state index in [0.29, 0.717) is 6.54 Å². The van der Waals surface area contributed by atoms with Crippen LogP contribution in [0.1, 0.15) is 39.0 Å². The van der Waals surface area contributed by atoms with Crippen LogP contribution < -0.4 is 5.32 Å². The third-order valence-electron chi connectivity index (χ3n) is 3.85. The van der Waals surface area contributed by atoms with Gasteiger partial charge in [-0.25, -0.2) is 0 Å². The number of rotatable bonds is 5. The number of allylic oxidation sites excluding steroid dienone is 1. The zero-order valence-electron chi connectivity index (χ0n) is 12.0. The summed E-state index contributed by atoms with van der Waals surface area (Å²) in [6.07, 6.45) is 8.68. The Balaban J connectivity index is 1.60. The van der Waals surface area contributed by atoms with Gasteiger partial charge in [-0.2, -0.15) is 0 Å². The van der Waals surface area contributed by atoms with Gasteiger partial charge in [0.05, 0.1) is 19.3 Å². The largest absolute Gasteiger partial charge is 0.376 e. The monoisotopic (exact) mass is 266 g/mol. The lowest BCUT2D eigenvalue weighted by Crippen LogP contribution is -2.46. The van der Waals surface area contributed by atoms with Gasteiger partial charge in [-0.3, -0.25) is 9.69 Å². The number of amides is 1. The second-order valence-electron chi connectivity index (χ2n) is 5.62. The Labute approximate surface area is 116 Å². The molecule has 1 fully saturated rings. The van der Waals surface area contributed by atoms with Gasteiger partial charge in [0.15, 0.2) is 0 Å². The molecule has 1 amide bonds. The fraction of sp³-hybridized carbons (Fsp3) is 0.800. The van der Waals surface area contributed by atoms with Crippen LogP contribution >= 0.6 is 0 Å². The number of nitrogens with zero attached hydrogens (tertiary/aromatic N) is 1. The zero-order chi connectivity index (χ0) is 13.5. The van der Waals surface area contributed by atoms with Gasteiger partial charge >= 0.3 is 0 Å². The van der Waals surface area contributed by atoms with Crippen molar-refractivity contribution in [3.8, 4) is 0 Å². The first-order valence-electron chi connectivity index (χ1n) is 7.52. The number of ether oxygens (including phenoxy) is 1. The number of hydrogen-bond acceptors (Lipinski definition) is 3. The van der Waals surface area contributed by atoms with Gasteiger partial charge in [-0.05, 0) is 39.0 Å². The molecule has 1 N–H and O–H groups in total. The van der Waals surface area contributed by atoms with E-state index in [1.807, 2.05) is 0 Å². The van der Waals surface area contributed by atoms with Gasteiger partial charge in [0.1, 0.15) is 0 Å². The van der Waals surface area contributed by atoms with Crippen molar-refractivity contribution in [1.82, 2.24) is 10.2 Å². The number of carbonyl (C=O) groups excluding carboxylic acids is 1. The normalized spacial score (nSPS) is 24.9. The summed E-state index contributed by atoms with van der Waals surface area (Å²) in [6, 6.07) is 0. The van der Waals surface area contributed by atoms with Crippen LogP contribution in [-0.2, 0) is 9.53 Å². The van der Waals surface area contributed by atoms with Gasteiger partial charge in [0.25, 0.3) is 0 Å². The van der Waals surface area contributed by atoms with Crippen molar-refractivity contribution in [3.05, 3.63) is 11.6 Å². The molecular weight excluding hydrogens is 240 g/mol. The molecule has 0 aromatic carbocycles. The predicted molar refractivity (Wildman–Crippen MR) is 76.0 cm³/mol. The van der Waals surface area contributed by atoms with Crippen molar-refractivity contribution in [1.29, 1.82) is 0 Å². The summed E-state index contributed by atoms with van der Waals surface area (Å²) in [5, 5.41) is 3.03. The van der Waals surface area contributed by atoms with E-state index in [9.17, 15) is 4.79 Å². The van der Waals surface area contributed by atoms with E-state index < -0.39 is 0 Å². The van der Waals surface area contributed by atoms with Crippen LogP contribution in [-0.4, -0.2) is 49.7 Å². The Morgan fingerprint density at radius 3 is 3.16 bits per heavy atom. The van der Waals surface area contributed by atoms with E-state index in [0.717, 1.165) is 32.7 Å².